The van der Waals surface area contributed by atoms with E-state index in [9.17, 15) is 4.79 Å². The van der Waals surface area contributed by atoms with E-state index in [-0.39, 0.29) is 11.3 Å². The molecule has 0 aromatic carbocycles. The minimum atomic E-state index is 0.0508. The third-order valence-corrected chi connectivity index (χ3v) is 5.05. The lowest BCUT2D eigenvalue weighted by atomic mass is 9.79. The van der Waals surface area contributed by atoms with Crippen LogP contribution in [0.5, 0.6) is 0 Å². The van der Waals surface area contributed by atoms with E-state index < -0.39 is 0 Å². The molecule has 2 aliphatic heterocycles. The summed E-state index contributed by atoms with van der Waals surface area (Å²) in [5, 5.41) is 7.55. The van der Waals surface area contributed by atoms with Gasteiger partial charge in [0.1, 0.15) is 0 Å². The van der Waals surface area contributed by atoms with Gasteiger partial charge < -0.3 is 9.80 Å². The van der Waals surface area contributed by atoms with E-state index in [2.05, 4.69) is 25.1 Å². The highest BCUT2D eigenvalue weighted by atomic mass is 16.2. The van der Waals surface area contributed by atoms with Gasteiger partial charge in [0.2, 0.25) is 5.95 Å². The normalized spacial score (nSPS) is 23.7. The number of nitrogens with zero attached hydrogens (tertiary/aromatic N) is 6. The van der Waals surface area contributed by atoms with Crippen molar-refractivity contribution in [2.75, 3.05) is 31.1 Å². The van der Waals surface area contributed by atoms with Gasteiger partial charge in [-0.3, -0.25) is 4.79 Å². The lowest BCUT2D eigenvalue weighted by molar-refractivity contribution is 0.0766. The van der Waals surface area contributed by atoms with Gasteiger partial charge in [-0.25, -0.2) is 9.97 Å². The molecule has 0 bridgehead atoms. The summed E-state index contributed by atoms with van der Waals surface area (Å²) in [5.74, 6) is 0.842. The van der Waals surface area contributed by atoms with Crippen molar-refractivity contribution in [1.82, 2.24) is 25.1 Å². The summed E-state index contributed by atoms with van der Waals surface area (Å²) in [6.45, 7) is 3.48. The summed E-state index contributed by atoms with van der Waals surface area (Å²) in [5.41, 5.74) is 0.759. The van der Waals surface area contributed by atoms with Crippen LogP contribution in [0.15, 0.2) is 36.9 Å². The van der Waals surface area contributed by atoms with E-state index >= 15 is 0 Å². The van der Waals surface area contributed by atoms with Gasteiger partial charge >= 0.3 is 0 Å². The zero-order valence-corrected chi connectivity index (χ0v) is 13.5. The Kier molecular flexibility index (Phi) is 3.84. The van der Waals surface area contributed by atoms with Crippen LogP contribution >= 0.6 is 0 Å². The molecular formula is C17H20N6O. The average molecular weight is 324 g/mol. The maximum Gasteiger partial charge on any atom is 0.255 e. The molecule has 1 spiro atoms. The van der Waals surface area contributed by atoms with Crippen LogP contribution in [0.1, 0.15) is 29.6 Å². The summed E-state index contributed by atoms with van der Waals surface area (Å²) in [6.07, 6.45) is 9.95. The minimum absolute atomic E-state index is 0.0508. The SMILES string of the molecule is O=C(c1ccnnc1)N1CCC2(CCCN(c3ncccn3)C2)C1. The van der Waals surface area contributed by atoms with Crippen LogP contribution < -0.4 is 4.90 Å². The summed E-state index contributed by atoms with van der Waals surface area (Å²) in [6, 6.07) is 3.56. The molecule has 1 unspecified atom stereocenters. The lowest BCUT2D eigenvalue weighted by Crippen LogP contribution is -2.46. The Morgan fingerprint density at radius 1 is 1.04 bits per heavy atom. The molecule has 7 nitrogen and oxygen atoms in total. The van der Waals surface area contributed by atoms with Crippen molar-refractivity contribution in [1.29, 1.82) is 0 Å². The lowest BCUT2D eigenvalue weighted by Gasteiger charge is -2.40. The second-order valence-corrected chi connectivity index (χ2v) is 6.68. The van der Waals surface area contributed by atoms with Crippen molar-refractivity contribution in [3.8, 4) is 0 Å². The summed E-state index contributed by atoms with van der Waals surface area (Å²) in [4.78, 5) is 25.6. The number of anilines is 1. The monoisotopic (exact) mass is 324 g/mol. The zero-order chi connectivity index (χ0) is 16.4. The van der Waals surface area contributed by atoms with Gasteiger partial charge in [0.25, 0.3) is 5.91 Å². The molecule has 4 heterocycles. The molecule has 2 aromatic heterocycles. The van der Waals surface area contributed by atoms with E-state index in [4.69, 9.17) is 0 Å². The Morgan fingerprint density at radius 3 is 2.71 bits per heavy atom. The number of aromatic nitrogens is 4. The largest absolute Gasteiger partial charge is 0.340 e. The fourth-order valence-corrected chi connectivity index (χ4v) is 3.87. The predicted octanol–water partition coefficient (Wildman–Crippen LogP) is 1.40. The molecule has 2 saturated heterocycles. The van der Waals surface area contributed by atoms with Crippen molar-refractivity contribution in [3.05, 3.63) is 42.5 Å². The number of amides is 1. The van der Waals surface area contributed by atoms with Crippen molar-refractivity contribution in [2.24, 2.45) is 5.41 Å². The Hall–Kier alpha value is -2.57. The Balaban J connectivity index is 1.48. The summed E-state index contributed by atoms with van der Waals surface area (Å²) >= 11 is 0. The van der Waals surface area contributed by atoms with Crippen LogP contribution in [0.3, 0.4) is 0 Å². The summed E-state index contributed by atoms with van der Waals surface area (Å²) in [7, 11) is 0. The number of carbonyl (C=O) groups excluding carboxylic acids is 1. The quantitative estimate of drug-likeness (QED) is 0.831. The molecule has 7 heteroatoms. The fourth-order valence-electron chi connectivity index (χ4n) is 3.87. The molecular weight excluding hydrogens is 304 g/mol. The highest BCUT2D eigenvalue weighted by molar-refractivity contribution is 5.94. The average Bonchev–Trinajstić information content (AvgIpc) is 3.06. The van der Waals surface area contributed by atoms with E-state index in [1.165, 1.54) is 6.20 Å². The van der Waals surface area contributed by atoms with E-state index in [0.29, 0.717) is 5.56 Å². The van der Waals surface area contributed by atoms with Gasteiger partial charge in [0.05, 0.1) is 18.0 Å². The first-order chi connectivity index (χ1) is 11.8. The second-order valence-electron chi connectivity index (χ2n) is 6.68. The Bertz CT molecular complexity index is 710. The van der Waals surface area contributed by atoms with E-state index in [1.807, 2.05) is 11.0 Å². The van der Waals surface area contributed by atoms with Gasteiger partial charge in [-0.1, -0.05) is 0 Å². The highest BCUT2D eigenvalue weighted by Gasteiger charge is 2.43. The first-order valence-electron chi connectivity index (χ1n) is 8.34. The molecule has 0 aliphatic carbocycles. The van der Waals surface area contributed by atoms with Crippen molar-refractivity contribution < 1.29 is 4.79 Å². The highest BCUT2D eigenvalue weighted by Crippen LogP contribution is 2.40. The zero-order valence-electron chi connectivity index (χ0n) is 13.5. The van der Waals surface area contributed by atoms with Crippen LogP contribution in [0.4, 0.5) is 5.95 Å². The van der Waals surface area contributed by atoms with Crippen LogP contribution in [-0.2, 0) is 0 Å². The molecule has 1 atom stereocenters. The van der Waals surface area contributed by atoms with Crippen LogP contribution in [0, 0.1) is 5.41 Å². The molecule has 2 fully saturated rings. The van der Waals surface area contributed by atoms with Gasteiger partial charge in [0, 0.05) is 44.0 Å². The van der Waals surface area contributed by atoms with Crippen LogP contribution in [0.25, 0.3) is 0 Å². The van der Waals surface area contributed by atoms with Gasteiger partial charge in [-0.2, -0.15) is 10.2 Å². The Labute approximate surface area is 140 Å². The van der Waals surface area contributed by atoms with Gasteiger partial charge in [-0.05, 0) is 31.4 Å². The molecule has 0 radical (unpaired) electrons. The smallest absolute Gasteiger partial charge is 0.255 e. The van der Waals surface area contributed by atoms with E-state index in [1.54, 1.807) is 24.7 Å². The molecule has 1 amide bonds. The second kappa shape index (κ2) is 6.14. The van der Waals surface area contributed by atoms with Gasteiger partial charge in [-0.15, -0.1) is 0 Å². The topological polar surface area (TPSA) is 75.1 Å². The number of hydrogen-bond acceptors (Lipinski definition) is 6. The molecule has 2 aliphatic rings. The van der Waals surface area contributed by atoms with Crippen molar-refractivity contribution >= 4 is 11.9 Å². The van der Waals surface area contributed by atoms with Crippen LogP contribution in [-0.4, -0.2) is 57.2 Å². The molecule has 0 N–H and O–H groups in total. The number of piperidine rings is 1. The van der Waals surface area contributed by atoms with Crippen molar-refractivity contribution in [3.63, 3.8) is 0 Å². The molecule has 24 heavy (non-hydrogen) atoms. The third-order valence-electron chi connectivity index (χ3n) is 5.05. The Morgan fingerprint density at radius 2 is 1.92 bits per heavy atom. The predicted molar refractivity (Wildman–Crippen MR) is 88.5 cm³/mol. The maximum atomic E-state index is 12.6. The summed E-state index contributed by atoms with van der Waals surface area (Å²) < 4.78 is 0. The molecule has 2 aromatic rings. The molecule has 0 saturated carbocycles. The number of carbonyl (C=O) groups is 1. The molecule has 4 rings (SSSR count). The number of likely N-dealkylation sites (tertiary alicyclic amines) is 1. The van der Waals surface area contributed by atoms with Crippen molar-refractivity contribution in [2.45, 2.75) is 19.3 Å². The number of hydrogen-bond donors (Lipinski definition) is 0. The first kappa shape index (κ1) is 15.0. The van der Waals surface area contributed by atoms with Gasteiger partial charge in [0.15, 0.2) is 0 Å². The third kappa shape index (κ3) is 2.81. The minimum Gasteiger partial charge on any atom is -0.340 e. The van der Waals surface area contributed by atoms with E-state index in [0.717, 1.165) is 51.4 Å². The van der Waals surface area contributed by atoms with Crippen LogP contribution in [0.2, 0.25) is 0 Å². The first-order valence-corrected chi connectivity index (χ1v) is 8.34. The fraction of sp³-hybridized carbons (Fsp3) is 0.471. The maximum absolute atomic E-state index is 12.6. The number of rotatable bonds is 2. The molecule has 124 valence electrons. The standard InChI is InChI=1S/C17H20N6O/c24-15(14-3-8-20-21-11-14)22-10-5-17(12-22)4-1-9-23(13-17)16-18-6-2-7-19-16/h2-3,6-8,11H,1,4-5,9-10,12-13H2.